The third-order valence-electron chi connectivity index (χ3n) is 3.03. The van der Waals surface area contributed by atoms with Gasteiger partial charge in [0.25, 0.3) is 0 Å². The zero-order valence-corrected chi connectivity index (χ0v) is 8.86. The van der Waals surface area contributed by atoms with Gasteiger partial charge in [-0.1, -0.05) is 13.3 Å². The molecule has 15 heavy (non-hydrogen) atoms. The highest BCUT2D eigenvalue weighted by Gasteiger charge is 2.22. The summed E-state index contributed by atoms with van der Waals surface area (Å²) in [5, 5.41) is 8.97. The van der Waals surface area contributed by atoms with Crippen LogP contribution in [0.3, 0.4) is 0 Å². The quantitative estimate of drug-likeness (QED) is 0.825. The van der Waals surface area contributed by atoms with Crippen molar-refractivity contribution in [2.45, 2.75) is 38.5 Å². The molecular weight excluding hydrogens is 190 g/mol. The van der Waals surface area contributed by atoms with Crippen molar-refractivity contribution in [3.63, 3.8) is 0 Å². The lowest BCUT2D eigenvalue weighted by atomic mass is 9.82. The summed E-state index contributed by atoms with van der Waals surface area (Å²) in [4.78, 5) is 15.4. The van der Waals surface area contributed by atoms with Crippen molar-refractivity contribution in [2.75, 3.05) is 0 Å². The van der Waals surface area contributed by atoms with Gasteiger partial charge >= 0.3 is 5.97 Å². The fraction of sp³-hybridized carbons (Fsp3) is 0.500. The summed E-state index contributed by atoms with van der Waals surface area (Å²) in [5.74, 6) is -0.359. The van der Waals surface area contributed by atoms with Gasteiger partial charge < -0.3 is 5.11 Å². The smallest absolute Gasteiger partial charge is 0.335 e. The van der Waals surface area contributed by atoms with Crippen molar-refractivity contribution in [1.29, 1.82) is 0 Å². The van der Waals surface area contributed by atoms with E-state index in [1.807, 2.05) is 6.92 Å². The largest absolute Gasteiger partial charge is 0.478 e. The fourth-order valence-corrected chi connectivity index (χ4v) is 1.83. The van der Waals surface area contributed by atoms with Crippen molar-refractivity contribution in [3.8, 4) is 0 Å². The average molecular weight is 205 g/mol. The molecule has 0 aliphatic heterocycles. The highest BCUT2D eigenvalue weighted by atomic mass is 16.4. The van der Waals surface area contributed by atoms with E-state index in [4.69, 9.17) is 5.11 Å². The molecule has 0 spiro atoms. The first-order chi connectivity index (χ1) is 7.20. The Morgan fingerprint density at radius 3 is 2.73 bits per heavy atom. The van der Waals surface area contributed by atoms with E-state index in [1.54, 1.807) is 12.1 Å². The van der Waals surface area contributed by atoms with Gasteiger partial charge in [-0.3, -0.25) is 4.98 Å². The van der Waals surface area contributed by atoms with Crippen molar-refractivity contribution in [1.82, 2.24) is 4.98 Å². The van der Waals surface area contributed by atoms with E-state index in [2.05, 4.69) is 4.98 Å². The zero-order chi connectivity index (χ0) is 10.8. The Labute approximate surface area is 89.2 Å². The molecule has 1 aliphatic carbocycles. The minimum atomic E-state index is -0.854. The maximum absolute atomic E-state index is 10.9. The molecule has 1 fully saturated rings. The molecule has 2 rings (SSSR count). The van der Waals surface area contributed by atoms with Crippen LogP contribution < -0.4 is 0 Å². The lowest BCUT2D eigenvalue weighted by molar-refractivity contribution is 0.0696. The lowest BCUT2D eigenvalue weighted by Crippen LogP contribution is -2.13. The first kappa shape index (κ1) is 10.1. The van der Waals surface area contributed by atoms with E-state index < -0.39 is 5.97 Å². The van der Waals surface area contributed by atoms with Gasteiger partial charge in [0.1, 0.15) is 0 Å². The second-order valence-electron chi connectivity index (χ2n) is 4.06. The molecular formula is C12H15NO2. The zero-order valence-electron chi connectivity index (χ0n) is 8.86. The molecule has 0 unspecified atom stereocenters. The summed E-state index contributed by atoms with van der Waals surface area (Å²) in [6.45, 7) is 2.00. The second-order valence-corrected chi connectivity index (χ2v) is 4.06. The second kappa shape index (κ2) is 4.01. The summed E-state index contributed by atoms with van der Waals surface area (Å²) in [6.07, 6.45) is 4.34. The molecule has 1 N–H and O–H groups in total. The van der Waals surface area contributed by atoms with Crippen LogP contribution in [0.2, 0.25) is 0 Å². The van der Waals surface area contributed by atoms with E-state index in [1.165, 1.54) is 6.42 Å². The van der Waals surface area contributed by atoms with E-state index >= 15 is 0 Å². The van der Waals surface area contributed by atoms with E-state index in [0.29, 0.717) is 11.5 Å². The molecule has 3 heteroatoms. The van der Waals surface area contributed by atoms with Crippen molar-refractivity contribution < 1.29 is 9.90 Å². The summed E-state index contributed by atoms with van der Waals surface area (Å²) in [7, 11) is 0. The molecule has 1 aromatic heterocycles. The number of hydrogen-bond acceptors (Lipinski definition) is 2. The summed E-state index contributed by atoms with van der Waals surface area (Å²) in [5.41, 5.74) is 2.23. The SMILES string of the molecule is CCc1cc(C(=O)O)cc(C2CCC2)n1. The normalized spacial score (nSPS) is 16.1. The van der Waals surface area contributed by atoms with Crippen LogP contribution in [0.1, 0.15) is 53.8 Å². The van der Waals surface area contributed by atoms with Gasteiger partial charge in [-0.05, 0) is 31.4 Å². The Balaban J connectivity index is 2.36. The molecule has 1 heterocycles. The molecule has 3 nitrogen and oxygen atoms in total. The minimum Gasteiger partial charge on any atom is -0.478 e. The standard InChI is InChI=1S/C12H15NO2/c1-2-10-6-9(12(14)15)7-11(13-10)8-4-3-5-8/h6-8H,2-5H2,1H3,(H,14,15). The van der Waals surface area contributed by atoms with Crippen LogP contribution in [0.5, 0.6) is 0 Å². The monoisotopic (exact) mass is 205 g/mol. The number of hydrogen-bond donors (Lipinski definition) is 1. The topological polar surface area (TPSA) is 50.2 Å². The van der Waals surface area contributed by atoms with Crippen LogP contribution in [0, 0.1) is 0 Å². The van der Waals surface area contributed by atoms with Gasteiger partial charge in [-0.25, -0.2) is 4.79 Å². The molecule has 0 atom stereocenters. The number of rotatable bonds is 3. The van der Waals surface area contributed by atoms with Crippen LogP contribution in [0.15, 0.2) is 12.1 Å². The molecule has 0 aromatic carbocycles. The van der Waals surface area contributed by atoms with Crippen LogP contribution >= 0.6 is 0 Å². The van der Waals surface area contributed by atoms with Crippen LogP contribution in [0.25, 0.3) is 0 Å². The molecule has 0 bridgehead atoms. The Morgan fingerprint density at radius 2 is 2.27 bits per heavy atom. The fourth-order valence-electron chi connectivity index (χ4n) is 1.83. The maximum atomic E-state index is 10.9. The number of carboxylic acid groups (broad SMARTS) is 1. The summed E-state index contributed by atoms with van der Waals surface area (Å²) >= 11 is 0. The third kappa shape index (κ3) is 2.01. The molecule has 0 saturated heterocycles. The Hall–Kier alpha value is -1.38. The molecule has 1 aliphatic rings. The third-order valence-corrected chi connectivity index (χ3v) is 3.03. The number of aromatic nitrogens is 1. The van der Waals surface area contributed by atoms with Gasteiger partial charge in [0.05, 0.1) is 5.56 Å². The predicted octanol–water partition coefficient (Wildman–Crippen LogP) is 2.61. The average Bonchev–Trinajstić information content (AvgIpc) is 2.14. The number of aromatic carboxylic acids is 1. The van der Waals surface area contributed by atoms with Gasteiger partial charge in [0, 0.05) is 17.3 Å². The Morgan fingerprint density at radius 1 is 1.53 bits per heavy atom. The van der Waals surface area contributed by atoms with Crippen molar-refractivity contribution in [2.24, 2.45) is 0 Å². The molecule has 1 aromatic rings. The van der Waals surface area contributed by atoms with Crippen molar-refractivity contribution in [3.05, 3.63) is 29.1 Å². The van der Waals surface area contributed by atoms with E-state index in [9.17, 15) is 4.79 Å². The first-order valence-corrected chi connectivity index (χ1v) is 5.45. The van der Waals surface area contributed by atoms with E-state index in [-0.39, 0.29) is 0 Å². The number of carbonyl (C=O) groups is 1. The maximum Gasteiger partial charge on any atom is 0.335 e. The molecule has 0 amide bonds. The van der Waals surface area contributed by atoms with Crippen molar-refractivity contribution >= 4 is 5.97 Å². The number of carboxylic acids is 1. The lowest BCUT2D eigenvalue weighted by Gasteiger charge is -2.25. The number of pyridine rings is 1. The van der Waals surface area contributed by atoms with E-state index in [0.717, 1.165) is 30.7 Å². The highest BCUT2D eigenvalue weighted by Crippen LogP contribution is 2.35. The molecule has 1 saturated carbocycles. The Bertz CT molecular complexity index is 383. The molecule has 0 radical (unpaired) electrons. The Kier molecular flexibility index (Phi) is 2.71. The minimum absolute atomic E-state index is 0.378. The van der Waals surface area contributed by atoms with Crippen LogP contribution in [-0.2, 0) is 6.42 Å². The van der Waals surface area contributed by atoms with Gasteiger partial charge in [0.2, 0.25) is 0 Å². The van der Waals surface area contributed by atoms with Gasteiger partial charge in [-0.2, -0.15) is 0 Å². The van der Waals surface area contributed by atoms with Gasteiger partial charge in [0.15, 0.2) is 0 Å². The summed E-state index contributed by atoms with van der Waals surface area (Å²) < 4.78 is 0. The first-order valence-electron chi connectivity index (χ1n) is 5.45. The number of aryl methyl sites for hydroxylation is 1. The van der Waals surface area contributed by atoms with Crippen LogP contribution in [0.4, 0.5) is 0 Å². The highest BCUT2D eigenvalue weighted by molar-refractivity contribution is 5.87. The molecule has 80 valence electrons. The summed E-state index contributed by atoms with van der Waals surface area (Å²) in [6, 6.07) is 3.40. The van der Waals surface area contributed by atoms with Gasteiger partial charge in [-0.15, -0.1) is 0 Å². The van der Waals surface area contributed by atoms with Crippen LogP contribution in [-0.4, -0.2) is 16.1 Å². The number of nitrogens with zero attached hydrogens (tertiary/aromatic N) is 1. The predicted molar refractivity (Wildman–Crippen MR) is 57.2 cm³/mol.